The number of methoxy groups -OCH3 is 1. The number of carbonyl (C=O) groups is 1. The summed E-state index contributed by atoms with van der Waals surface area (Å²) in [5.74, 6) is 0.796. The quantitative estimate of drug-likeness (QED) is 0.722. The van der Waals surface area contributed by atoms with Crippen LogP contribution in [0.1, 0.15) is 47.1 Å². The molecule has 4 rings (SSSR count). The summed E-state index contributed by atoms with van der Waals surface area (Å²) in [6.45, 7) is 6.24. The number of aromatic nitrogens is 4. The highest BCUT2D eigenvalue weighted by Crippen LogP contribution is 2.31. The molecule has 0 radical (unpaired) electrons. The van der Waals surface area contributed by atoms with E-state index >= 15 is 0 Å². The Hall–Kier alpha value is -3.09. The number of hydrogen-bond donors (Lipinski definition) is 1. The monoisotopic (exact) mass is 393 g/mol. The van der Waals surface area contributed by atoms with E-state index in [9.17, 15) is 4.79 Å². The van der Waals surface area contributed by atoms with Gasteiger partial charge in [0.1, 0.15) is 12.3 Å². The molecular formula is C22H27N5O2. The molecule has 1 aromatic carbocycles. The minimum absolute atomic E-state index is 0.0173. The average molecular weight is 393 g/mol. The molecule has 1 aliphatic rings. The summed E-state index contributed by atoms with van der Waals surface area (Å²) in [7, 11) is 1.66. The van der Waals surface area contributed by atoms with E-state index in [2.05, 4.69) is 15.5 Å². The van der Waals surface area contributed by atoms with Crippen LogP contribution in [0.5, 0.6) is 5.75 Å². The lowest BCUT2D eigenvalue weighted by Gasteiger charge is -2.24. The molecule has 7 heteroatoms. The van der Waals surface area contributed by atoms with Gasteiger partial charge in [-0.1, -0.05) is 0 Å². The summed E-state index contributed by atoms with van der Waals surface area (Å²) in [6, 6.07) is 7.85. The molecule has 0 saturated heterocycles. The van der Waals surface area contributed by atoms with E-state index in [1.807, 2.05) is 55.9 Å². The highest BCUT2D eigenvalue weighted by atomic mass is 16.5. The van der Waals surface area contributed by atoms with Crippen molar-refractivity contribution in [2.24, 2.45) is 0 Å². The zero-order valence-electron chi connectivity index (χ0n) is 17.4. The molecule has 2 aromatic heterocycles. The van der Waals surface area contributed by atoms with Gasteiger partial charge in [0.15, 0.2) is 0 Å². The number of carbonyl (C=O) groups excluding carboxylic acids is 1. The molecule has 1 aliphatic carbocycles. The first-order valence-corrected chi connectivity index (χ1v) is 9.99. The van der Waals surface area contributed by atoms with E-state index in [1.165, 1.54) is 0 Å². The molecule has 7 nitrogen and oxygen atoms in total. The van der Waals surface area contributed by atoms with Gasteiger partial charge in [-0.2, -0.15) is 10.2 Å². The van der Waals surface area contributed by atoms with Crippen LogP contribution in [0.3, 0.4) is 0 Å². The fourth-order valence-corrected chi connectivity index (χ4v) is 3.97. The number of aryl methyl sites for hydroxylation is 1. The Balaban J connectivity index is 1.52. The molecule has 0 fully saturated rings. The van der Waals surface area contributed by atoms with Crippen LogP contribution in [0.4, 0.5) is 0 Å². The third-order valence-electron chi connectivity index (χ3n) is 5.87. The highest BCUT2D eigenvalue weighted by Gasteiger charge is 2.26. The van der Waals surface area contributed by atoms with Gasteiger partial charge in [0.05, 0.1) is 30.7 Å². The van der Waals surface area contributed by atoms with E-state index in [-0.39, 0.29) is 18.5 Å². The van der Waals surface area contributed by atoms with Crippen molar-refractivity contribution >= 4 is 5.91 Å². The molecule has 152 valence electrons. The summed E-state index contributed by atoms with van der Waals surface area (Å²) >= 11 is 0. The number of nitrogens with one attached hydrogen (secondary N) is 1. The average Bonchev–Trinajstić information content (AvgIpc) is 3.26. The predicted octanol–water partition coefficient (Wildman–Crippen LogP) is 3.20. The van der Waals surface area contributed by atoms with E-state index in [0.717, 1.165) is 58.9 Å². The second-order valence-corrected chi connectivity index (χ2v) is 7.62. The summed E-state index contributed by atoms with van der Waals surface area (Å²) < 4.78 is 8.99. The number of nitrogens with zero attached hydrogens (tertiary/aromatic N) is 4. The van der Waals surface area contributed by atoms with Crippen molar-refractivity contribution in [3.63, 3.8) is 0 Å². The summed E-state index contributed by atoms with van der Waals surface area (Å²) in [4.78, 5) is 12.7. The Labute approximate surface area is 170 Å². The smallest absolute Gasteiger partial charge is 0.242 e. The first-order chi connectivity index (χ1) is 14.0. The standard InChI is InChI=1S/C22H27N5O2/c1-14-15(2)25-26(16(14)3)13-22(28)24-20-6-5-7-21-19(20)12-23-27(21)17-8-10-18(29-4)11-9-17/h8-12,20H,5-7,13H2,1-4H3,(H,24,28)/t20-/m0/s1. The van der Waals surface area contributed by atoms with Crippen molar-refractivity contribution in [2.75, 3.05) is 7.11 Å². The van der Waals surface area contributed by atoms with Crippen molar-refractivity contribution in [3.05, 3.63) is 58.7 Å². The summed E-state index contributed by atoms with van der Waals surface area (Å²) in [5.41, 5.74) is 6.40. The zero-order chi connectivity index (χ0) is 20.5. The topological polar surface area (TPSA) is 74.0 Å². The minimum Gasteiger partial charge on any atom is -0.497 e. The predicted molar refractivity (Wildman–Crippen MR) is 110 cm³/mol. The molecule has 29 heavy (non-hydrogen) atoms. The van der Waals surface area contributed by atoms with Crippen molar-refractivity contribution in [2.45, 2.75) is 52.6 Å². The first-order valence-electron chi connectivity index (χ1n) is 9.99. The van der Waals surface area contributed by atoms with Crippen molar-refractivity contribution in [3.8, 4) is 11.4 Å². The maximum absolute atomic E-state index is 12.7. The van der Waals surface area contributed by atoms with E-state index < -0.39 is 0 Å². The van der Waals surface area contributed by atoms with Gasteiger partial charge in [-0.3, -0.25) is 9.48 Å². The molecule has 0 unspecified atom stereocenters. The second-order valence-electron chi connectivity index (χ2n) is 7.62. The van der Waals surface area contributed by atoms with Gasteiger partial charge in [0, 0.05) is 17.0 Å². The lowest BCUT2D eigenvalue weighted by molar-refractivity contribution is -0.122. The van der Waals surface area contributed by atoms with Crippen molar-refractivity contribution in [1.29, 1.82) is 0 Å². The third kappa shape index (κ3) is 3.64. The summed E-state index contributed by atoms with van der Waals surface area (Å²) in [6.07, 6.45) is 4.77. The Bertz CT molecular complexity index is 1030. The van der Waals surface area contributed by atoms with Crippen LogP contribution in [-0.2, 0) is 17.8 Å². The molecule has 1 atom stereocenters. The number of amides is 1. The maximum Gasteiger partial charge on any atom is 0.242 e. The third-order valence-corrected chi connectivity index (χ3v) is 5.87. The van der Waals surface area contributed by atoms with Gasteiger partial charge in [0.2, 0.25) is 5.91 Å². The van der Waals surface area contributed by atoms with Gasteiger partial charge in [0.25, 0.3) is 0 Å². The van der Waals surface area contributed by atoms with Crippen LogP contribution in [0.25, 0.3) is 5.69 Å². The molecule has 0 bridgehead atoms. The van der Waals surface area contributed by atoms with Gasteiger partial charge >= 0.3 is 0 Å². The number of hydrogen-bond acceptors (Lipinski definition) is 4. The maximum atomic E-state index is 12.7. The molecule has 0 aliphatic heterocycles. The van der Waals surface area contributed by atoms with Crippen LogP contribution < -0.4 is 10.1 Å². The number of ether oxygens (including phenoxy) is 1. The second kappa shape index (κ2) is 7.73. The van der Waals surface area contributed by atoms with Crippen LogP contribution in [0, 0.1) is 20.8 Å². The van der Waals surface area contributed by atoms with E-state index in [4.69, 9.17) is 4.74 Å². The SMILES string of the molecule is COc1ccc(-n2ncc3c2CCC[C@@H]3NC(=O)Cn2nc(C)c(C)c2C)cc1. The van der Waals surface area contributed by atoms with Crippen LogP contribution in [0.15, 0.2) is 30.5 Å². The van der Waals surface area contributed by atoms with Crippen LogP contribution in [0.2, 0.25) is 0 Å². The highest BCUT2D eigenvalue weighted by molar-refractivity contribution is 5.76. The minimum atomic E-state index is -0.0225. The zero-order valence-corrected chi connectivity index (χ0v) is 17.4. The van der Waals surface area contributed by atoms with Gasteiger partial charge in [-0.05, 0) is 69.9 Å². The fraction of sp³-hybridized carbons (Fsp3) is 0.409. The fourth-order valence-electron chi connectivity index (χ4n) is 3.97. The van der Waals surface area contributed by atoms with Gasteiger partial charge in [-0.25, -0.2) is 4.68 Å². The number of fused-ring (bicyclic) bond motifs is 1. The first kappa shape index (κ1) is 19.2. The lowest BCUT2D eigenvalue weighted by Crippen LogP contribution is -2.34. The molecule has 1 amide bonds. The molecular weight excluding hydrogens is 366 g/mol. The van der Waals surface area contributed by atoms with Crippen molar-refractivity contribution in [1.82, 2.24) is 24.9 Å². The Morgan fingerprint density at radius 1 is 1.24 bits per heavy atom. The van der Waals surface area contributed by atoms with E-state index in [0.29, 0.717) is 0 Å². The molecule has 0 spiro atoms. The van der Waals surface area contributed by atoms with Gasteiger partial charge < -0.3 is 10.1 Å². The Morgan fingerprint density at radius 3 is 2.66 bits per heavy atom. The van der Waals surface area contributed by atoms with E-state index in [1.54, 1.807) is 11.8 Å². The summed E-state index contributed by atoms with van der Waals surface area (Å²) in [5, 5.41) is 12.3. The van der Waals surface area contributed by atoms with Crippen LogP contribution in [-0.4, -0.2) is 32.6 Å². The number of rotatable bonds is 5. The molecule has 0 saturated carbocycles. The van der Waals surface area contributed by atoms with Crippen molar-refractivity contribution < 1.29 is 9.53 Å². The molecule has 1 N–H and O–H groups in total. The van der Waals surface area contributed by atoms with Crippen LogP contribution >= 0.6 is 0 Å². The molecule has 2 heterocycles. The Morgan fingerprint density at radius 2 is 2.00 bits per heavy atom. The normalized spacial score (nSPS) is 15.8. The van der Waals surface area contributed by atoms with Gasteiger partial charge in [-0.15, -0.1) is 0 Å². The molecule has 3 aromatic rings. The lowest BCUT2D eigenvalue weighted by atomic mass is 9.93. The Kier molecular flexibility index (Phi) is 5.13. The number of benzene rings is 1. The largest absolute Gasteiger partial charge is 0.497 e.